The highest BCUT2D eigenvalue weighted by atomic mass is 16.1. The van der Waals surface area contributed by atoms with E-state index in [0.29, 0.717) is 17.8 Å². The molecule has 0 radical (unpaired) electrons. The Kier molecular flexibility index (Phi) is 5.94. The minimum Gasteiger partial charge on any atom is -0.345 e. The zero-order chi connectivity index (χ0) is 21.8. The Labute approximate surface area is 182 Å². The van der Waals surface area contributed by atoms with Gasteiger partial charge in [-0.25, -0.2) is 0 Å². The van der Waals surface area contributed by atoms with Crippen molar-refractivity contribution in [3.63, 3.8) is 0 Å². The van der Waals surface area contributed by atoms with Crippen molar-refractivity contribution in [1.29, 1.82) is 0 Å². The van der Waals surface area contributed by atoms with Gasteiger partial charge in [0.25, 0.3) is 5.91 Å². The zero-order valence-corrected chi connectivity index (χ0v) is 18.0. The molecule has 0 saturated heterocycles. The first-order chi connectivity index (χ1) is 15.0. The summed E-state index contributed by atoms with van der Waals surface area (Å²) in [5, 5.41) is 7.90. The Bertz CT molecular complexity index is 1180. The molecule has 1 atom stereocenters. The summed E-state index contributed by atoms with van der Waals surface area (Å²) in [4.78, 5) is 17.3. The molecule has 0 unspecified atom stereocenters. The van der Waals surface area contributed by atoms with Crippen molar-refractivity contribution >= 4 is 5.91 Å². The Morgan fingerprint density at radius 3 is 2.45 bits per heavy atom. The van der Waals surface area contributed by atoms with Crippen LogP contribution >= 0.6 is 0 Å². The van der Waals surface area contributed by atoms with Crippen LogP contribution in [0.25, 0.3) is 11.3 Å². The predicted octanol–water partition coefficient (Wildman–Crippen LogP) is 5.10. The number of hydrogen-bond acceptors (Lipinski definition) is 3. The van der Waals surface area contributed by atoms with Crippen LogP contribution in [0.1, 0.15) is 45.6 Å². The Hall–Kier alpha value is -3.73. The number of amides is 1. The Morgan fingerprint density at radius 1 is 1.00 bits per heavy atom. The fourth-order valence-electron chi connectivity index (χ4n) is 3.55. The predicted molar refractivity (Wildman–Crippen MR) is 123 cm³/mol. The molecule has 4 rings (SSSR count). The van der Waals surface area contributed by atoms with Crippen molar-refractivity contribution in [1.82, 2.24) is 20.1 Å². The van der Waals surface area contributed by atoms with E-state index in [4.69, 9.17) is 5.10 Å². The second kappa shape index (κ2) is 8.96. The molecule has 0 bridgehead atoms. The average molecular weight is 411 g/mol. The van der Waals surface area contributed by atoms with Gasteiger partial charge in [0.05, 0.1) is 18.2 Å². The van der Waals surface area contributed by atoms with Crippen molar-refractivity contribution in [3.05, 3.63) is 107 Å². The SMILES string of the molecule is Cc1ccc(-c2nn(Cc3ccccc3)cc2C(=O)N[C@@H](C)c2ccncc2)cc1C. The molecule has 0 spiro atoms. The maximum atomic E-state index is 13.3. The van der Waals surface area contributed by atoms with Gasteiger partial charge in [0.2, 0.25) is 0 Å². The van der Waals surface area contributed by atoms with Gasteiger partial charge < -0.3 is 5.32 Å². The fourth-order valence-corrected chi connectivity index (χ4v) is 3.55. The van der Waals surface area contributed by atoms with E-state index in [1.54, 1.807) is 12.4 Å². The lowest BCUT2D eigenvalue weighted by Crippen LogP contribution is -2.26. The minimum absolute atomic E-state index is 0.138. The number of carbonyl (C=O) groups is 1. The first-order valence-electron chi connectivity index (χ1n) is 10.4. The van der Waals surface area contributed by atoms with Crippen LogP contribution in [-0.2, 0) is 6.54 Å². The van der Waals surface area contributed by atoms with Crippen LogP contribution in [0, 0.1) is 13.8 Å². The van der Waals surface area contributed by atoms with E-state index in [1.165, 1.54) is 11.1 Å². The molecule has 0 aliphatic carbocycles. The van der Waals surface area contributed by atoms with Crippen LogP contribution in [0.5, 0.6) is 0 Å². The van der Waals surface area contributed by atoms with Gasteiger partial charge in [0.15, 0.2) is 0 Å². The van der Waals surface area contributed by atoms with Gasteiger partial charge in [-0.05, 0) is 61.2 Å². The van der Waals surface area contributed by atoms with E-state index in [-0.39, 0.29) is 11.9 Å². The summed E-state index contributed by atoms with van der Waals surface area (Å²) < 4.78 is 1.84. The van der Waals surface area contributed by atoms with Crippen LogP contribution in [0.15, 0.2) is 79.3 Å². The quantitative estimate of drug-likeness (QED) is 0.481. The van der Waals surface area contributed by atoms with E-state index >= 15 is 0 Å². The fraction of sp³-hybridized carbons (Fsp3) is 0.192. The second-order valence-electron chi connectivity index (χ2n) is 7.85. The third-order valence-corrected chi connectivity index (χ3v) is 5.53. The molecule has 1 amide bonds. The number of aryl methyl sites for hydroxylation is 2. The van der Waals surface area contributed by atoms with Gasteiger partial charge in [0.1, 0.15) is 5.69 Å². The third-order valence-electron chi connectivity index (χ3n) is 5.53. The molecular formula is C26H26N4O. The van der Waals surface area contributed by atoms with Gasteiger partial charge in [-0.2, -0.15) is 5.10 Å². The molecule has 2 heterocycles. The first kappa shape index (κ1) is 20.5. The highest BCUT2D eigenvalue weighted by molar-refractivity contribution is 6.00. The van der Waals surface area contributed by atoms with Gasteiger partial charge in [-0.1, -0.05) is 42.5 Å². The number of rotatable bonds is 6. The Morgan fingerprint density at radius 2 is 1.74 bits per heavy atom. The molecule has 0 aliphatic rings. The summed E-state index contributed by atoms with van der Waals surface area (Å²) in [5.74, 6) is -0.142. The number of carbonyl (C=O) groups excluding carboxylic acids is 1. The van der Waals surface area contributed by atoms with Crippen molar-refractivity contribution in [2.75, 3.05) is 0 Å². The van der Waals surface area contributed by atoms with Gasteiger partial charge in [-0.3, -0.25) is 14.5 Å². The molecule has 2 aromatic heterocycles. The van der Waals surface area contributed by atoms with E-state index in [0.717, 1.165) is 16.7 Å². The van der Waals surface area contributed by atoms with Gasteiger partial charge in [-0.15, -0.1) is 0 Å². The van der Waals surface area contributed by atoms with Crippen LogP contribution in [0.2, 0.25) is 0 Å². The number of pyridine rings is 1. The lowest BCUT2D eigenvalue weighted by molar-refractivity contribution is 0.0940. The summed E-state index contributed by atoms with van der Waals surface area (Å²) in [6, 6.07) is 20.0. The summed E-state index contributed by atoms with van der Waals surface area (Å²) in [6.45, 7) is 6.73. The molecule has 0 aliphatic heterocycles. The number of nitrogens with one attached hydrogen (secondary N) is 1. The summed E-state index contributed by atoms with van der Waals surface area (Å²) >= 11 is 0. The molecule has 4 aromatic rings. The molecule has 156 valence electrons. The van der Waals surface area contributed by atoms with E-state index < -0.39 is 0 Å². The van der Waals surface area contributed by atoms with Crippen molar-refractivity contribution < 1.29 is 4.79 Å². The minimum atomic E-state index is -0.142. The number of aromatic nitrogens is 3. The van der Waals surface area contributed by atoms with Crippen LogP contribution in [0.3, 0.4) is 0 Å². The van der Waals surface area contributed by atoms with Gasteiger partial charge >= 0.3 is 0 Å². The highest BCUT2D eigenvalue weighted by Crippen LogP contribution is 2.25. The normalized spacial score (nSPS) is 11.8. The van der Waals surface area contributed by atoms with E-state index in [2.05, 4.69) is 48.4 Å². The average Bonchev–Trinajstić information content (AvgIpc) is 3.21. The van der Waals surface area contributed by atoms with Crippen molar-refractivity contribution in [3.8, 4) is 11.3 Å². The van der Waals surface area contributed by atoms with Crippen molar-refractivity contribution in [2.45, 2.75) is 33.4 Å². The van der Waals surface area contributed by atoms with Crippen molar-refractivity contribution in [2.24, 2.45) is 0 Å². The lowest BCUT2D eigenvalue weighted by atomic mass is 10.0. The maximum absolute atomic E-state index is 13.3. The van der Waals surface area contributed by atoms with E-state index in [9.17, 15) is 4.79 Å². The molecular weight excluding hydrogens is 384 g/mol. The first-order valence-corrected chi connectivity index (χ1v) is 10.4. The number of hydrogen-bond donors (Lipinski definition) is 1. The Balaban J connectivity index is 1.68. The number of nitrogens with zero attached hydrogens (tertiary/aromatic N) is 3. The van der Waals surface area contributed by atoms with Gasteiger partial charge in [0, 0.05) is 24.2 Å². The van der Waals surface area contributed by atoms with Crippen LogP contribution < -0.4 is 5.32 Å². The summed E-state index contributed by atoms with van der Waals surface area (Å²) in [7, 11) is 0. The smallest absolute Gasteiger partial charge is 0.255 e. The number of benzene rings is 2. The largest absolute Gasteiger partial charge is 0.345 e. The molecule has 1 N–H and O–H groups in total. The van der Waals surface area contributed by atoms with Crippen LogP contribution in [-0.4, -0.2) is 20.7 Å². The van der Waals surface area contributed by atoms with E-state index in [1.807, 2.05) is 54.2 Å². The maximum Gasteiger partial charge on any atom is 0.255 e. The topological polar surface area (TPSA) is 59.8 Å². The second-order valence-corrected chi connectivity index (χ2v) is 7.85. The molecule has 5 heteroatoms. The summed E-state index contributed by atoms with van der Waals surface area (Å²) in [6.07, 6.45) is 5.30. The standard InChI is InChI=1S/C26H26N4O/c1-18-9-10-23(15-19(18)2)25-24(17-30(29-25)16-21-7-5-4-6-8-21)26(31)28-20(3)22-11-13-27-14-12-22/h4-15,17,20H,16H2,1-3H3,(H,28,31)/t20-/m0/s1. The molecule has 2 aromatic carbocycles. The zero-order valence-electron chi connectivity index (χ0n) is 18.0. The monoisotopic (exact) mass is 410 g/mol. The third kappa shape index (κ3) is 4.72. The summed E-state index contributed by atoms with van der Waals surface area (Å²) in [5.41, 5.74) is 6.73. The molecule has 0 fully saturated rings. The molecule has 5 nitrogen and oxygen atoms in total. The molecule has 31 heavy (non-hydrogen) atoms. The lowest BCUT2D eigenvalue weighted by Gasteiger charge is -2.14. The van der Waals surface area contributed by atoms with Crippen LogP contribution in [0.4, 0.5) is 0 Å². The highest BCUT2D eigenvalue weighted by Gasteiger charge is 2.20. The molecule has 0 saturated carbocycles.